The van der Waals surface area contributed by atoms with Crippen molar-refractivity contribution in [2.45, 2.75) is 20.4 Å². The third-order valence-corrected chi connectivity index (χ3v) is 7.73. The molecule has 0 unspecified atom stereocenters. The number of anilines is 1. The van der Waals surface area contributed by atoms with Crippen LogP contribution in [0.1, 0.15) is 22.3 Å². The van der Waals surface area contributed by atoms with Gasteiger partial charge in [0.25, 0.3) is 17.1 Å². The van der Waals surface area contributed by atoms with Crippen LogP contribution in [0.2, 0.25) is 5.02 Å². The van der Waals surface area contributed by atoms with Gasteiger partial charge in [0.05, 0.1) is 18.6 Å². The molecule has 2 heterocycles. The van der Waals surface area contributed by atoms with Gasteiger partial charge in [-0.05, 0) is 78.2 Å². The standard InChI is InChI=1S/C29H25ClN2O7S/c1-16-5-4-6-21(17(16)2)31-27(33)14-37-22-8-7-18(9-23(22)36-3)10-26-28(34)32(29(35)40-26)13-19-11-24-25(12-20(19)30)39-15-38-24/h4-12H,13-15H2,1-3H3,(H,31,33)/b26-10-. The minimum absolute atomic E-state index is 0.00226. The van der Waals surface area contributed by atoms with Crippen LogP contribution in [0.25, 0.3) is 6.08 Å². The fourth-order valence-corrected chi connectivity index (χ4v) is 5.20. The van der Waals surface area contributed by atoms with Gasteiger partial charge < -0.3 is 24.3 Å². The first-order valence-corrected chi connectivity index (χ1v) is 13.4. The van der Waals surface area contributed by atoms with Gasteiger partial charge in [-0.3, -0.25) is 19.3 Å². The number of carbonyl (C=O) groups is 3. The fourth-order valence-electron chi connectivity index (χ4n) is 4.15. The highest BCUT2D eigenvalue weighted by molar-refractivity contribution is 8.18. The van der Waals surface area contributed by atoms with Crippen molar-refractivity contribution in [3.05, 3.63) is 80.7 Å². The van der Waals surface area contributed by atoms with E-state index in [0.29, 0.717) is 39.1 Å². The molecular formula is C29H25ClN2O7S. The maximum Gasteiger partial charge on any atom is 0.293 e. The predicted octanol–water partition coefficient (Wildman–Crippen LogP) is 5.95. The molecule has 206 valence electrons. The summed E-state index contributed by atoms with van der Waals surface area (Å²) in [7, 11) is 1.48. The summed E-state index contributed by atoms with van der Waals surface area (Å²) in [4.78, 5) is 39.6. The molecule has 3 amide bonds. The zero-order chi connectivity index (χ0) is 28.4. The van der Waals surface area contributed by atoms with Crippen molar-refractivity contribution in [2.24, 2.45) is 0 Å². The fraction of sp³-hybridized carbons (Fsp3) is 0.207. The average molecular weight is 581 g/mol. The lowest BCUT2D eigenvalue weighted by molar-refractivity contribution is -0.123. The first kappa shape index (κ1) is 27.4. The summed E-state index contributed by atoms with van der Waals surface area (Å²) < 4.78 is 21.8. The van der Waals surface area contributed by atoms with E-state index >= 15 is 0 Å². The topological polar surface area (TPSA) is 103 Å². The lowest BCUT2D eigenvalue weighted by Crippen LogP contribution is -2.27. The molecule has 1 N–H and O–H groups in total. The van der Waals surface area contributed by atoms with Crippen LogP contribution < -0.4 is 24.3 Å². The molecule has 0 bridgehead atoms. The zero-order valence-corrected chi connectivity index (χ0v) is 23.5. The second-order valence-corrected chi connectivity index (χ2v) is 10.5. The normalized spacial score (nSPS) is 15.1. The number of methoxy groups -OCH3 is 1. The monoisotopic (exact) mass is 580 g/mol. The molecule has 1 fully saturated rings. The van der Waals surface area contributed by atoms with Gasteiger partial charge in [0.2, 0.25) is 6.79 Å². The SMILES string of the molecule is COc1cc(/C=C2\SC(=O)N(Cc3cc4c(cc3Cl)OCO4)C2=O)ccc1OCC(=O)Nc1cccc(C)c1C. The van der Waals surface area contributed by atoms with Crippen LogP contribution in [0.15, 0.2) is 53.4 Å². The van der Waals surface area contributed by atoms with Crippen LogP contribution in [-0.2, 0) is 16.1 Å². The van der Waals surface area contributed by atoms with Crippen LogP contribution in [0.3, 0.4) is 0 Å². The Hall–Kier alpha value is -4.15. The number of aryl methyl sites for hydroxylation is 1. The minimum Gasteiger partial charge on any atom is -0.493 e. The van der Waals surface area contributed by atoms with Gasteiger partial charge in [-0.25, -0.2) is 0 Å². The number of imide groups is 1. The van der Waals surface area contributed by atoms with Crippen molar-refractivity contribution in [2.75, 3.05) is 25.8 Å². The summed E-state index contributed by atoms with van der Waals surface area (Å²) >= 11 is 7.17. The van der Waals surface area contributed by atoms with E-state index in [1.807, 2.05) is 32.0 Å². The van der Waals surface area contributed by atoms with Crippen molar-refractivity contribution < 1.29 is 33.3 Å². The van der Waals surface area contributed by atoms with E-state index in [4.69, 9.17) is 30.5 Å². The lowest BCUT2D eigenvalue weighted by Gasteiger charge is -2.14. The van der Waals surface area contributed by atoms with Gasteiger partial charge in [0.15, 0.2) is 29.6 Å². The molecule has 40 heavy (non-hydrogen) atoms. The summed E-state index contributed by atoms with van der Waals surface area (Å²) in [5, 5.41) is 2.81. The van der Waals surface area contributed by atoms with E-state index in [9.17, 15) is 14.4 Å². The number of halogens is 1. The number of thioether (sulfide) groups is 1. The maximum absolute atomic E-state index is 13.1. The highest BCUT2D eigenvalue weighted by Crippen LogP contribution is 2.40. The van der Waals surface area contributed by atoms with E-state index in [0.717, 1.165) is 33.5 Å². The molecule has 0 aliphatic carbocycles. The Morgan fingerprint density at radius 2 is 1.88 bits per heavy atom. The molecule has 0 radical (unpaired) electrons. The lowest BCUT2D eigenvalue weighted by atomic mass is 10.1. The third-order valence-electron chi connectivity index (χ3n) is 6.47. The van der Waals surface area contributed by atoms with Gasteiger partial charge in [-0.15, -0.1) is 0 Å². The molecule has 0 spiro atoms. The molecule has 0 saturated carbocycles. The number of amides is 3. The highest BCUT2D eigenvalue weighted by atomic mass is 35.5. The summed E-state index contributed by atoms with van der Waals surface area (Å²) in [6.07, 6.45) is 1.60. The number of rotatable bonds is 8. The molecule has 2 aliphatic heterocycles. The largest absolute Gasteiger partial charge is 0.493 e. The first-order valence-electron chi connectivity index (χ1n) is 12.2. The van der Waals surface area contributed by atoms with Crippen molar-refractivity contribution in [1.29, 1.82) is 0 Å². The van der Waals surface area contributed by atoms with Crippen molar-refractivity contribution in [3.8, 4) is 23.0 Å². The van der Waals surface area contributed by atoms with E-state index in [-0.39, 0.29) is 30.8 Å². The second-order valence-electron chi connectivity index (χ2n) is 9.06. The maximum atomic E-state index is 13.1. The van der Waals surface area contributed by atoms with Crippen LogP contribution >= 0.6 is 23.4 Å². The number of hydrogen-bond acceptors (Lipinski definition) is 8. The summed E-state index contributed by atoms with van der Waals surface area (Å²) in [6, 6.07) is 14.0. The molecule has 3 aromatic carbocycles. The molecule has 0 aromatic heterocycles. The van der Waals surface area contributed by atoms with Crippen LogP contribution in [0, 0.1) is 13.8 Å². The Kier molecular flexibility index (Phi) is 7.90. The van der Waals surface area contributed by atoms with Crippen molar-refractivity contribution in [3.63, 3.8) is 0 Å². The summed E-state index contributed by atoms with van der Waals surface area (Å²) in [6.45, 7) is 3.78. The van der Waals surface area contributed by atoms with Crippen LogP contribution in [0.5, 0.6) is 23.0 Å². The van der Waals surface area contributed by atoms with Gasteiger partial charge >= 0.3 is 0 Å². The quantitative estimate of drug-likeness (QED) is 0.326. The van der Waals surface area contributed by atoms with E-state index in [2.05, 4.69) is 5.32 Å². The average Bonchev–Trinajstić information content (AvgIpc) is 3.49. The Morgan fingerprint density at radius 3 is 2.65 bits per heavy atom. The van der Waals surface area contributed by atoms with E-state index < -0.39 is 11.1 Å². The third kappa shape index (κ3) is 5.73. The van der Waals surface area contributed by atoms with Crippen LogP contribution in [0.4, 0.5) is 10.5 Å². The molecule has 9 nitrogen and oxygen atoms in total. The second kappa shape index (κ2) is 11.5. The van der Waals surface area contributed by atoms with E-state index in [1.54, 1.807) is 36.4 Å². The van der Waals surface area contributed by atoms with Gasteiger partial charge in [0.1, 0.15) is 0 Å². The predicted molar refractivity (Wildman–Crippen MR) is 152 cm³/mol. The smallest absolute Gasteiger partial charge is 0.293 e. The number of ether oxygens (including phenoxy) is 4. The number of benzene rings is 3. The molecular weight excluding hydrogens is 556 g/mol. The molecule has 5 rings (SSSR count). The summed E-state index contributed by atoms with van der Waals surface area (Å²) in [5.41, 5.74) is 3.98. The zero-order valence-electron chi connectivity index (χ0n) is 21.9. The van der Waals surface area contributed by atoms with Gasteiger partial charge in [-0.2, -0.15) is 0 Å². The Bertz CT molecular complexity index is 1560. The Labute approximate surface area is 240 Å². The molecule has 1 saturated heterocycles. The Morgan fingerprint density at radius 1 is 1.10 bits per heavy atom. The minimum atomic E-state index is -0.439. The number of nitrogens with one attached hydrogen (secondary N) is 1. The number of nitrogens with zero attached hydrogens (tertiary/aromatic N) is 1. The van der Waals surface area contributed by atoms with Crippen molar-refractivity contribution >= 4 is 52.2 Å². The van der Waals surface area contributed by atoms with Gasteiger partial charge in [0, 0.05) is 16.8 Å². The van der Waals surface area contributed by atoms with Gasteiger partial charge in [-0.1, -0.05) is 29.8 Å². The Balaban J connectivity index is 1.25. The van der Waals surface area contributed by atoms with E-state index in [1.165, 1.54) is 7.11 Å². The molecule has 0 atom stereocenters. The number of fused-ring (bicyclic) bond motifs is 1. The van der Waals surface area contributed by atoms with Crippen molar-refractivity contribution in [1.82, 2.24) is 4.90 Å². The molecule has 2 aliphatic rings. The molecule has 11 heteroatoms. The molecule has 3 aromatic rings. The first-order chi connectivity index (χ1) is 19.2. The number of hydrogen-bond donors (Lipinski definition) is 1. The number of carbonyl (C=O) groups excluding carboxylic acids is 3. The highest BCUT2D eigenvalue weighted by Gasteiger charge is 2.35. The summed E-state index contributed by atoms with van der Waals surface area (Å²) in [5.74, 6) is 1.02. The van der Waals surface area contributed by atoms with Crippen LogP contribution in [-0.4, -0.2) is 42.5 Å².